The Morgan fingerprint density at radius 2 is 2.22 bits per heavy atom. The summed E-state index contributed by atoms with van der Waals surface area (Å²) in [5, 5.41) is 21.9. The van der Waals surface area contributed by atoms with Crippen molar-refractivity contribution < 1.29 is 14.7 Å². The van der Waals surface area contributed by atoms with Gasteiger partial charge in [0.25, 0.3) is 0 Å². The summed E-state index contributed by atoms with van der Waals surface area (Å²) in [6, 6.07) is 0. The SMILES string of the molecule is O=C(O)C1=CCS[C@H]2C(C=NN=CNN3CCNCC3)C(=O)N12. The van der Waals surface area contributed by atoms with Crippen LogP contribution >= 0.6 is 11.8 Å². The van der Waals surface area contributed by atoms with Gasteiger partial charge >= 0.3 is 5.97 Å². The molecule has 0 aromatic heterocycles. The van der Waals surface area contributed by atoms with Crippen molar-refractivity contribution in [3.05, 3.63) is 11.8 Å². The van der Waals surface area contributed by atoms with Crippen molar-refractivity contribution in [3.8, 4) is 0 Å². The molecule has 0 aromatic carbocycles. The number of carboxylic acid groups (broad SMARTS) is 1. The first-order chi connectivity index (χ1) is 11.2. The van der Waals surface area contributed by atoms with E-state index < -0.39 is 11.9 Å². The molecular formula is C13H18N6O3S. The molecule has 2 atom stereocenters. The maximum Gasteiger partial charge on any atom is 0.352 e. The van der Waals surface area contributed by atoms with E-state index in [1.165, 1.54) is 29.2 Å². The summed E-state index contributed by atoms with van der Waals surface area (Å²) in [7, 11) is 0. The minimum absolute atomic E-state index is 0.0623. The van der Waals surface area contributed by atoms with E-state index in [1.807, 2.05) is 5.01 Å². The summed E-state index contributed by atoms with van der Waals surface area (Å²) >= 11 is 1.52. The number of hydrogen-bond donors (Lipinski definition) is 3. The summed E-state index contributed by atoms with van der Waals surface area (Å²) in [4.78, 5) is 24.5. The Labute approximate surface area is 137 Å². The van der Waals surface area contributed by atoms with Crippen LogP contribution in [0.5, 0.6) is 0 Å². The standard InChI is InChI=1S/C13H18N6O3S/c20-11-9(12-19(11)10(13(21)22)1-6-23-12)7-15-16-8-17-18-4-2-14-3-5-18/h1,7-9,12,14H,2-6H2,(H,16,17)(H,21,22)/t9?,12-/m0/s1. The number of amides is 1. The van der Waals surface area contributed by atoms with Crippen LogP contribution < -0.4 is 10.7 Å². The highest BCUT2D eigenvalue weighted by molar-refractivity contribution is 8.00. The van der Waals surface area contributed by atoms with Gasteiger partial charge in [0.05, 0.1) is 5.37 Å². The highest BCUT2D eigenvalue weighted by Gasteiger charge is 2.51. The summed E-state index contributed by atoms with van der Waals surface area (Å²) in [5.41, 5.74) is 3.08. The highest BCUT2D eigenvalue weighted by atomic mass is 32.2. The minimum Gasteiger partial charge on any atom is -0.477 e. The fourth-order valence-corrected chi connectivity index (χ4v) is 3.83. The van der Waals surface area contributed by atoms with E-state index in [2.05, 4.69) is 20.9 Å². The van der Waals surface area contributed by atoms with Gasteiger partial charge in [-0.25, -0.2) is 9.80 Å². The number of hydrogen-bond acceptors (Lipinski definition) is 7. The number of thioether (sulfide) groups is 1. The van der Waals surface area contributed by atoms with E-state index in [9.17, 15) is 9.59 Å². The number of nitrogens with zero attached hydrogens (tertiary/aromatic N) is 4. The van der Waals surface area contributed by atoms with Crippen molar-refractivity contribution in [1.29, 1.82) is 0 Å². The quantitative estimate of drug-likeness (QED) is 0.253. The molecule has 3 rings (SSSR count). The Hall–Kier alpha value is -1.91. The summed E-state index contributed by atoms with van der Waals surface area (Å²) in [5.74, 6) is -1.16. The van der Waals surface area contributed by atoms with Crippen molar-refractivity contribution in [2.24, 2.45) is 16.1 Å². The molecule has 0 aromatic rings. The van der Waals surface area contributed by atoms with Crippen molar-refractivity contribution in [1.82, 2.24) is 20.7 Å². The number of rotatable bonds is 5. The van der Waals surface area contributed by atoms with Crippen molar-refractivity contribution in [3.63, 3.8) is 0 Å². The molecule has 3 aliphatic rings. The zero-order valence-electron chi connectivity index (χ0n) is 12.4. The molecular weight excluding hydrogens is 320 g/mol. The normalized spacial score (nSPS) is 28.6. The molecule has 3 N–H and O–H groups in total. The minimum atomic E-state index is -1.07. The third kappa shape index (κ3) is 3.38. The third-order valence-corrected chi connectivity index (χ3v) is 5.02. The summed E-state index contributed by atoms with van der Waals surface area (Å²) in [6.45, 7) is 3.62. The zero-order chi connectivity index (χ0) is 16.2. The molecule has 0 saturated carbocycles. The average molecular weight is 338 g/mol. The van der Waals surface area contributed by atoms with Crippen LogP contribution in [0.1, 0.15) is 0 Å². The number of nitrogens with one attached hydrogen (secondary N) is 2. The van der Waals surface area contributed by atoms with Gasteiger partial charge in [0.1, 0.15) is 18.0 Å². The molecule has 0 spiro atoms. The molecule has 0 bridgehead atoms. The molecule has 2 saturated heterocycles. The van der Waals surface area contributed by atoms with E-state index in [0.29, 0.717) is 5.75 Å². The number of fused-ring (bicyclic) bond motifs is 1. The number of carbonyl (C=O) groups excluding carboxylic acids is 1. The molecule has 2 fully saturated rings. The van der Waals surface area contributed by atoms with E-state index in [-0.39, 0.29) is 17.0 Å². The Morgan fingerprint density at radius 1 is 1.43 bits per heavy atom. The summed E-state index contributed by atoms with van der Waals surface area (Å²) < 4.78 is 0. The number of aliphatic carboxylic acids is 1. The second-order valence-electron chi connectivity index (χ2n) is 5.23. The van der Waals surface area contributed by atoms with Crippen molar-refractivity contribution in [2.75, 3.05) is 31.9 Å². The Bertz CT molecular complexity index is 572. The van der Waals surface area contributed by atoms with Gasteiger partial charge < -0.3 is 15.8 Å². The van der Waals surface area contributed by atoms with Crippen LogP contribution in [0, 0.1) is 5.92 Å². The molecule has 1 unspecified atom stereocenters. The van der Waals surface area contributed by atoms with Gasteiger partial charge in [-0.05, 0) is 6.08 Å². The first kappa shape index (κ1) is 16.0. The van der Waals surface area contributed by atoms with Crippen LogP contribution in [0.2, 0.25) is 0 Å². The predicted octanol–water partition coefficient (Wildman–Crippen LogP) is -1.09. The fraction of sp³-hybridized carbons (Fsp3) is 0.538. The Morgan fingerprint density at radius 3 is 2.96 bits per heavy atom. The maximum absolute atomic E-state index is 12.1. The molecule has 0 aliphatic carbocycles. The molecule has 9 nitrogen and oxygen atoms in total. The average Bonchev–Trinajstić information content (AvgIpc) is 2.57. The van der Waals surface area contributed by atoms with E-state index in [1.54, 1.807) is 6.08 Å². The zero-order valence-corrected chi connectivity index (χ0v) is 13.2. The van der Waals surface area contributed by atoms with Crippen LogP contribution in [-0.4, -0.2) is 76.8 Å². The van der Waals surface area contributed by atoms with Crippen molar-refractivity contribution in [2.45, 2.75) is 5.37 Å². The predicted molar refractivity (Wildman–Crippen MR) is 86.9 cm³/mol. The van der Waals surface area contributed by atoms with Gasteiger partial charge in [0, 0.05) is 38.1 Å². The summed E-state index contributed by atoms with van der Waals surface area (Å²) in [6.07, 6.45) is 4.53. The monoisotopic (exact) mass is 338 g/mol. The lowest BCUT2D eigenvalue weighted by atomic mass is 9.98. The van der Waals surface area contributed by atoms with Crippen LogP contribution in [0.25, 0.3) is 0 Å². The largest absolute Gasteiger partial charge is 0.477 e. The smallest absolute Gasteiger partial charge is 0.352 e. The molecule has 23 heavy (non-hydrogen) atoms. The molecule has 124 valence electrons. The lowest BCUT2D eigenvalue weighted by molar-refractivity contribution is -0.148. The van der Waals surface area contributed by atoms with Gasteiger partial charge in [0.15, 0.2) is 0 Å². The highest BCUT2D eigenvalue weighted by Crippen LogP contribution is 2.40. The third-order valence-electron chi connectivity index (χ3n) is 3.82. The lowest BCUT2D eigenvalue weighted by Crippen LogP contribution is -2.61. The van der Waals surface area contributed by atoms with E-state index >= 15 is 0 Å². The lowest BCUT2D eigenvalue weighted by Gasteiger charge is -2.46. The fourth-order valence-electron chi connectivity index (χ4n) is 2.62. The number of carboxylic acids is 1. The van der Waals surface area contributed by atoms with Crippen LogP contribution in [0.4, 0.5) is 0 Å². The molecule has 3 aliphatic heterocycles. The number of β-lactam (4-membered cyclic amide) rings is 1. The van der Waals surface area contributed by atoms with Gasteiger partial charge in [-0.15, -0.1) is 16.9 Å². The Balaban J connectivity index is 1.50. The van der Waals surface area contributed by atoms with Crippen LogP contribution in [0.15, 0.2) is 22.0 Å². The topological polar surface area (TPSA) is 110 Å². The van der Waals surface area contributed by atoms with E-state index in [0.717, 1.165) is 26.2 Å². The molecule has 3 heterocycles. The Kier molecular flexibility index (Phi) is 4.94. The first-order valence-electron chi connectivity index (χ1n) is 7.33. The number of hydrazine groups is 1. The molecule has 10 heteroatoms. The second-order valence-corrected chi connectivity index (χ2v) is 6.38. The molecule has 1 amide bonds. The van der Waals surface area contributed by atoms with Crippen LogP contribution in [-0.2, 0) is 9.59 Å². The van der Waals surface area contributed by atoms with E-state index in [4.69, 9.17) is 5.11 Å². The number of carbonyl (C=O) groups is 2. The van der Waals surface area contributed by atoms with Gasteiger partial charge in [-0.1, -0.05) is 0 Å². The van der Waals surface area contributed by atoms with Crippen molar-refractivity contribution >= 4 is 36.2 Å². The van der Waals surface area contributed by atoms with Gasteiger partial charge in [0.2, 0.25) is 5.91 Å². The molecule has 0 radical (unpaired) electrons. The maximum atomic E-state index is 12.1. The second kappa shape index (κ2) is 7.11. The van der Waals surface area contributed by atoms with Crippen LogP contribution in [0.3, 0.4) is 0 Å². The number of piperazine rings is 1. The van der Waals surface area contributed by atoms with Gasteiger partial charge in [-0.2, -0.15) is 5.10 Å². The van der Waals surface area contributed by atoms with Gasteiger partial charge in [-0.3, -0.25) is 9.69 Å². The first-order valence-corrected chi connectivity index (χ1v) is 8.38.